The quantitative estimate of drug-likeness (QED) is 0.0135. The summed E-state index contributed by atoms with van der Waals surface area (Å²) in [6.45, 7) is 2.67. The lowest BCUT2D eigenvalue weighted by Crippen LogP contribution is -2.34. The highest BCUT2D eigenvalue weighted by atomic mass is 31.2. The van der Waals surface area contributed by atoms with Gasteiger partial charge in [0.25, 0.3) is 0 Å². The van der Waals surface area contributed by atoms with Crippen molar-refractivity contribution in [1.29, 1.82) is 0 Å². The molecule has 0 fully saturated rings. The molecule has 0 bridgehead atoms. The van der Waals surface area contributed by atoms with Gasteiger partial charge in [-0.2, -0.15) is 0 Å². The van der Waals surface area contributed by atoms with Crippen LogP contribution in [0, 0.1) is 0 Å². The maximum Gasteiger partial charge on any atom is 0.472 e. The molecule has 0 aliphatic carbocycles. The highest BCUT2D eigenvalue weighted by Crippen LogP contribution is 2.43. The van der Waals surface area contributed by atoms with Gasteiger partial charge in [0.15, 0.2) is 6.10 Å². The van der Waals surface area contributed by atoms with Crippen LogP contribution in [0.2, 0.25) is 0 Å². The molecule has 1 unspecified atom stereocenters. The fourth-order valence-corrected chi connectivity index (χ4v) is 6.39. The zero-order chi connectivity index (χ0) is 40.0. The second-order valence-corrected chi connectivity index (χ2v) is 15.6. The van der Waals surface area contributed by atoms with Gasteiger partial charge in [0.1, 0.15) is 12.6 Å². The number of esters is 2. The van der Waals surface area contributed by atoms with Crippen LogP contribution in [0.3, 0.4) is 0 Å². The average molecular weight is 786 g/mol. The molecule has 54 heavy (non-hydrogen) atoms. The van der Waals surface area contributed by atoms with Crippen LogP contribution >= 0.6 is 7.82 Å². The molecule has 0 aromatic carbocycles. The highest BCUT2D eigenvalue weighted by molar-refractivity contribution is 7.47. The van der Waals surface area contributed by atoms with Gasteiger partial charge in [-0.1, -0.05) is 160 Å². The second-order valence-electron chi connectivity index (χ2n) is 14.2. The predicted molar refractivity (Wildman–Crippen MR) is 217 cm³/mol. The smallest absolute Gasteiger partial charge is 0.472 e. The summed E-state index contributed by atoms with van der Waals surface area (Å²) in [4.78, 5) is 45.7. The Morgan fingerprint density at radius 1 is 0.611 bits per heavy atom. The van der Waals surface area contributed by atoms with Crippen molar-refractivity contribution in [3.63, 3.8) is 0 Å². The Bertz CT molecular complexity index is 1060. The number of ether oxygens (including phenoxy) is 2. The summed E-state index contributed by atoms with van der Waals surface area (Å²) in [6, 6.07) is -1.53. The number of unbranched alkanes of at least 4 members (excludes halogenated alkanes) is 22. The summed E-state index contributed by atoms with van der Waals surface area (Å²) in [5.74, 6) is -2.65. The topological polar surface area (TPSA) is 172 Å². The highest BCUT2D eigenvalue weighted by Gasteiger charge is 2.27. The fourth-order valence-electron chi connectivity index (χ4n) is 5.61. The molecule has 0 saturated carbocycles. The van der Waals surface area contributed by atoms with Gasteiger partial charge in [-0.3, -0.25) is 18.6 Å². The monoisotopic (exact) mass is 786 g/mol. The van der Waals surface area contributed by atoms with Crippen molar-refractivity contribution in [1.82, 2.24) is 0 Å². The first kappa shape index (κ1) is 51.7. The van der Waals surface area contributed by atoms with Gasteiger partial charge in [0.2, 0.25) is 0 Å². The second kappa shape index (κ2) is 37.6. The number of phosphoric ester groups is 1. The first-order valence-electron chi connectivity index (χ1n) is 21.1. The van der Waals surface area contributed by atoms with Crippen molar-refractivity contribution in [3.05, 3.63) is 36.5 Å². The molecule has 0 aromatic rings. The van der Waals surface area contributed by atoms with Gasteiger partial charge in [-0.05, 0) is 44.9 Å². The molecule has 0 saturated heterocycles. The Morgan fingerprint density at radius 3 is 1.57 bits per heavy atom. The minimum Gasteiger partial charge on any atom is -0.480 e. The summed E-state index contributed by atoms with van der Waals surface area (Å²) < 4.78 is 32.4. The third-order valence-corrected chi connectivity index (χ3v) is 9.92. The van der Waals surface area contributed by atoms with Crippen molar-refractivity contribution in [2.45, 2.75) is 193 Å². The van der Waals surface area contributed by atoms with Crippen LogP contribution < -0.4 is 5.73 Å². The molecule has 0 aliphatic rings. The third kappa shape index (κ3) is 36.7. The van der Waals surface area contributed by atoms with E-state index in [0.29, 0.717) is 6.42 Å². The summed E-state index contributed by atoms with van der Waals surface area (Å²) in [5, 5.41) is 8.87. The third-order valence-electron chi connectivity index (χ3n) is 8.97. The zero-order valence-corrected chi connectivity index (χ0v) is 34.7. The molecule has 314 valence electrons. The Balaban J connectivity index is 4.49. The summed E-state index contributed by atoms with van der Waals surface area (Å²) in [5.41, 5.74) is 5.32. The van der Waals surface area contributed by atoms with E-state index in [9.17, 15) is 23.8 Å². The molecular formula is C42H76NO10P. The van der Waals surface area contributed by atoms with Crippen LogP contribution in [0.1, 0.15) is 181 Å². The van der Waals surface area contributed by atoms with E-state index in [-0.39, 0.29) is 6.42 Å². The number of allylic oxidation sites excluding steroid dienone is 5. The molecule has 0 aromatic heterocycles. The number of hydrogen-bond acceptors (Lipinski definition) is 9. The van der Waals surface area contributed by atoms with E-state index in [1.54, 1.807) is 12.2 Å². The van der Waals surface area contributed by atoms with Gasteiger partial charge in [-0.15, -0.1) is 0 Å². The lowest BCUT2D eigenvalue weighted by Gasteiger charge is -2.19. The molecule has 0 amide bonds. The molecule has 0 heterocycles. The number of nitrogens with two attached hydrogens (primary N) is 1. The number of carbonyl (C=O) groups is 3. The number of hydrogen-bond donors (Lipinski definition) is 3. The predicted octanol–water partition coefficient (Wildman–Crippen LogP) is 10.8. The van der Waals surface area contributed by atoms with Crippen molar-refractivity contribution >= 4 is 25.7 Å². The number of carboxylic acid groups (broad SMARTS) is 1. The van der Waals surface area contributed by atoms with E-state index in [1.807, 2.05) is 6.08 Å². The van der Waals surface area contributed by atoms with Crippen LogP contribution in [0.5, 0.6) is 0 Å². The SMILES string of the molecule is CCCCCC/C=C/CCCCCCCCCC(=O)OC[C@H](COP(=O)(O)OC[C@H](N)C(=O)O)OC(=O)/C=C/C=C/CCCCCCCCCCCCC. The minimum atomic E-state index is -4.74. The minimum absolute atomic E-state index is 0.197. The molecule has 12 heteroatoms. The lowest BCUT2D eigenvalue weighted by atomic mass is 10.1. The molecule has 0 rings (SSSR count). The number of rotatable bonds is 39. The molecule has 3 atom stereocenters. The summed E-state index contributed by atoms with van der Waals surface area (Å²) >= 11 is 0. The molecule has 11 nitrogen and oxygen atoms in total. The maximum atomic E-state index is 12.5. The average Bonchev–Trinajstić information content (AvgIpc) is 3.14. The summed E-state index contributed by atoms with van der Waals surface area (Å²) in [7, 11) is -4.74. The van der Waals surface area contributed by atoms with E-state index in [1.165, 1.54) is 122 Å². The van der Waals surface area contributed by atoms with Crippen LogP contribution in [-0.2, 0) is 37.5 Å². The van der Waals surface area contributed by atoms with Crippen molar-refractivity contribution in [2.75, 3.05) is 19.8 Å². The number of phosphoric acid groups is 1. The van der Waals surface area contributed by atoms with Gasteiger partial charge in [0, 0.05) is 12.5 Å². The molecule has 0 radical (unpaired) electrons. The van der Waals surface area contributed by atoms with Crippen LogP contribution in [0.25, 0.3) is 0 Å². The van der Waals surface area contributed by atoms with Gasteiger partial charge < -0.3 is 25.2 Å². The molecule has 0 aliphatic heterocycles. The van der Waals surface area contributed by atoms with E-state index in [0.717, 1.165) is 38.5 Å². The first-order chi connectivity index (χ1) is 26.1. The maximum absolute atomic E-state index is 12.5. The van der Waals surface area contributed by atoms with E-state index in [2.05, 4.69) is 30.5 Å². The van der Waals surface area contributed by atoms with Crippen molar-refractivity contribution in [2.24, 2.45) is 5.73 Å². The Kier molecular flexibility index (Phi) is 36.0. The van der Waals surface area contributed by atoms with Crippen LogP contribution in [-0.4, -0.2) is 59.9 Å². The normalized spacial score (nSPS) is 14.1. The van der Waals surface area contributed by atoms with E-state index in [4.69, 9.17) is 24.8 Å². The zero-order valence-electron chi connectivity index (χ0n) is 33.8. The van der Waals surface area contributed by atoms with E-state index < -0.39 is 57.7 Å². The fraction of sp³-hybridized carbons (Fsp3) is 0.786. The Labute approximate surface area is 327 Å². The summed E-state index contributed by atoms with van der Waals surface area (Å²) in [6.07, 6.45) is 39.9. The number of carbonyl (C=O) groups excluding carboxylic acids is 2. The number of aliphatic carboxylic acids is 1. The Hall–Kier alpha value is -2.30. The van der Waals surface area contributed by atoms with Crippen LogP contribution in [0.15, 0.2) is 36.5 Å². The van der Waals surface area contributed by atoms with Gasteiger partial charge in [-0.25, -0.2) is 9.36 Å². The molecular weight excluding hydrogens is 709 g/mol. The van der Waals surface area contributed by atoms with Crippen LogP contribution in [0.4, 0.5) is 0 Å². The van der Waals surface area contributed by atoms with E-state index >= 15 is 0 Å². The first-order valence-corrected chi connectivity index (χ1v) is 22.6. The molecule has 0 spiro atoms. The standard InChI is InChI=1S/C42H76NO10P/c1-3-5-7-9-11-13-15-17-19-21-23-25-27-29-31-33-40(44)50-35-38(36-51-54(48,49)52-37-39(43)42(46)47)53-41(45)34-32-30-28-26-24-22-20-18-16-14-12-10-8-6-4-2/h13,15,28,30,32,34,38-39H,3-12,14,16-27,29,31,33,35-37,43H2,1-2H3,(H,46,47)(H,48,49)/b15-13+,30-28+,34-32+/t38-,39+/m1/s1. The Morgan fingerprint density at radius 2 is 1.06 bits per heavy atom. The van der Waals surface area contributed by atoms with Gasteiger partial charge >= 0.3 is 25.7 Å². The number of carboxylic acids is 1. The largest absolute Gasteiger partial charge is 0.480 e. The van der Waals surface area contributed by atoms with Gasteiger partial charge in [0.05, 0.1) is 13.2 Å². The van der Waals surface area contributed by atoms with Crippen molar-refractivity contribution < 1.29 is 47.5 Å². The molecule has 4 N–H and O–H groups in total. The lowest BCUT2D eigenvalue weighted by molar-refractivity contribution is -0.157. The van der Waals surface area contributed by atoms with Crippen molar-refractivity contribution in [3.8, 4) is 0 Å².